The lowest BCUT2D eigenvalue weighted by molar-refractivity contribution is -0.127. The summed E-state index contributed by atoms with van der Waals surface area (Å²) < 4.78 is 0. The molecule has 2 N–H and O–H groups in total. The smallest absolute Gasteiger partial charge is 0.228 e. The number of likely N-dealkylation sites (N-methyl/N-ethyl adjacent to an activating group) is 1. The van der Waals surface area contributed by atoms with Crippen molar-refractivity contribution < 1.29 is 4.79 Å². The normalized spacial score (nSPS) is 10.5. The fraction of sp³-hybridized carbons (Fsp3) is 0.286. The predicted molar refractivity (Wildman–Crippen MR) is 84.9 cm³/mol. The summed E-state index contributed by atoms with van der Waals surface area (Å²) >= 11 is 3.19. The van der Waals surface area contributed by atoms with Gasteiger partial charge in [0, 0.05) is 35.8 Å². The first-order valence-electron chi connectivity index (χ1n) is 6.17. The van der Waals surface area contributed by atoms with Gasteiger partial charge in [-0.2, -0.15) is 0 Å². The number of amides is 1. The minimum atomic E-state index is 0.0749. The molecule has 106 valence electrons. The maximum Gasteiger partial charge on any atom is 0.228 e. The van der Waals surface area contributed by atoms with E-state index in [-0.39, 0.29) is 5.91 Å². The molecule has 1 aromatic carbocycles. The summed E-state index contributed by atoms with van der Waals surface area (Å²) in [5.41, 5.74) is 7.68. The van der Waals surface area contributed by atoms with E-state index in [4.69, 9.17) is 5.73 Å². The van der Waals surface area contributed by atoms with E-state index in [2.05, 4.69) is 4.98 Å². The number of nitrogens with zero attached hydrogens (tertiary/aromatic N) is 2. The van der Waals surface area contributed by atoms with Crippen molar-refractivity contribution in [3.8, 4) is 0 Å². The number of hydrogen-bond acceptors (Lipinski definition) is 5. The Hall–Kier alpha value is -1.53. The molecule has 0 radical (unpaired) electrons. The van der Waals surface area contributed by atoms with Gasteiger partial charge in [-0.3, -0.25) is 4.79 Å². The summed E-state index contributed by atoms with van der Waals surface area (Å²) in [5, 5.41) is 2.87. The Morgan fingerprint density at radius 2 is 2.15 bits per heavy atom. The van der Waals surface area contributed by atoms with Crippen LogP contribution in [0.4, 0.5) is 5.69 Å². The molecule has 2 aromatic rings. The monoisotopic (exact) mass is 307 g/mol. The first kappa shape index (κ1) is 14.9. The highest BCUT2D eigenvalue weighted by Gasteiger charge is 2.10. The standard InChI is InChI=1S/C14H17N3OS2/c1-17(2)14(18)7-13-16-10(9-20-13)8-19-12-6-4-3-5-11(12)15/h3-6,9H,7-8,15H2,1-2H3. The molecule has 0 aliphatic heterocycles. The summed E-state index contributed by atoms with van der Waals surface area (Å²) in [5.74, 6) is 0.840. The van der Waals surface area contributed by atoms with Gasteiger partial charge < -0.3 is 10.6 Å². The third-order valence-electron chi connectivity index (χ3n) is 2.70. The van der Waals surface area contributed by atoms with Crippen molar-refractivity contribution in [1.29, 1.82) is 0 Å². The minimum absolute atomic E-state index is 0.0749. The van der Waals surface area contributed by atoms with Gasteiger partial charge in [-0.1, -0.05) is 12.1 Å². The molecule has 6 heteroatoms. The Balaban J connectivity index is 1.93. The van der Waals surface area contributed by atoms with Crippen molar-refractivity contribution in [2.75, 3.05) is 19.8 Å². The lowest BCUT2D eigenvalue weighted by Crippen LogP contribution is -2.23. The topological polar surface area (TPSA) is 59.2 Å². The average Bonchev–Trinajstić information content (AvgIpc) is 2.85. The number of anilines is 1. The number of rotatable bonds is 5. The van der Waals surface area contributed by atoms with E-state index in [1.807, 2.05) is 29.6 Å². The maximum absolute atomic E-state index is 11.6. The molecule has 0 spiro atoms. The number of nitrogen functional groups attached to an aromatic ring is 1. The van der Waals surface area contributed by atoms with Crippen LogP contribution in [0.3, 0.4) is 0 Å². The van der Waals surface area contributed by atoms with Crippen LogP contribution in [0.2, 0.25) is 0 Å². The van der Waals surface area contributed by atoms with Gasteiger partial charge in [-0.25, -0.2) is 4.98 Å². The highest BCUT2D eigenvalue weighted by Crippen LogP contribution is 2.28. The predicted octanol–water partition coefficient (Wildman–Crippen LogP) is 2.65. The van der Waals surface area contributed by atoms with Gasteiger partial charge in [0.15, 0.2) is 0 Å². The van der Waals surface area contributed by atoms with Crippen LogP contribution in [0.15, 0.2) is 34.5 Å². The number of carbonyl (C=O) groups excluding carboxylic acids is 1. The molecule has 0 fully saturated rings. The van der Waals surface area contributed by atoms with E-state index in [1.165, 1.54) is 11.3 Å². The number of nitrogens with two attached hydrogens (primary N) is 1. The SMILES string of the molecule is CN(C)C(=O)Cc1nc(CSc2ccccc2N)cs1. The van der Waals surface area contributed by atoms with Gasteiger partial charge >= 0.3 is 0 Å². The zero-order chi connectivity index (χ0) is 14.5. The molecule has 2 rings (SSSR count). The number of carbonyl (C=O) groups is 1. The molecule has 1 amide bonds. The summed E-state index contributed by atoms with van der Waals surface area (Å²) in [6.07, 6.45) is 0.371. The first-order valence-corrected chi connectivity index (χ1v) is 8.03. The van der Waals surface area contributed by atoms with E-state index in [1.54, 1.807) is 30.8 Å². The fourth-order valence-electron chi connectivity index (χ4n) is 1.55. The second kappa shape index (κ2) is 6.76. The Labute approximate surface area is 127 Å². The van der Waals surface area contributed by atoms with Gasteiger partial charge in [-0.15, -0.1) is 23.1 Å². The van der Waals surface area contributed by atoms with Gasteiger partial charge in [0.1, 0.15) is 5.01 Å². The average molecular weight is 307 g/mol. The van der Waals surface area contributed by atoms with Crippen LogP contribution in [0.1, 0.15) is 10.7 Å². The summed E-state index contributed by atoms with van der Waals surface area (Å²) in [6, 6.07) is 7.79. The minimum Gasteiger partial charge on any atom is -0.398 e. The molecule has 0 saturated carbocycles. The maximum atomic E-state index is 11.6. The third-order valence-corrected chi connectivity index (χ3v) is 4.72. The van der Waals surface area contributed by atoms with Crippen molar-refractivity contribution in [1.82, 2.24) is 9.88 Å². The molecule has 0 unspecified atom stereocenters. The van der Waals surface area contributed by atoms with Gasteiger partial charge in [-0.05, 0) is 12.1 Å². The molecule has 1 heterocycles. The van der Waals surface area contributed by atoms with Crippen molar-refractivity contribution in [3.05, 3.63) is 40.3 Å². The van der Waals surface area contributed by atoms with Gasteiger partial charge in [0.05, 0.1) is 12.1 Å². The van der Waals surface area contributed by atoms with Crippen LogP contribution in [-0.2, 0) is 17.0 Å². The molecule has 0 atom stereocenters. The van der Waals surface area contributed by atoms with E-state index < -0.39 is 0 Å². The van der Waals surface area contributed by atoms with E-state index in [9.17, 15) is 4.79 Å². The second-order valence-corrected chi connectivity index (χ2v) is 6.48. The van der Waals surface area contributed by atoms with Crippen LogP contribution in [0.25, 0.3) is 0 Å². The Morgan fingerprint density at radius 3 is 2.85 bits per heavy atom. The lowest BCUT2D eigenvalue weighted by Gasteiger charge is -2.07. The molecule has 0 aliphatic rings. The Bertz CT molecular complexity index is 596. The number of hydrogen-bond donors (Lipinski definition) is 1. The number of thioether (sulfide) groups is 1. The Morgan fingerprint density at radius 1 is 1.40 bits per heavy atom. The van der Waals surface area contributed by atoms with Crippen LogP contribution in [0, 0.1) is 0 Å². The summed E-state index contributed by atoms with van der Waals surface area (Å²) in [6.45, 7) is 0. The molecule has 0 aliphatic carbocycles. The lowest BCUT2D eigenvalue weighted by atomic mass is 10.3. The highest BCUT2D eigenvalue weighted by atomic mass is 32.2. The van der Waals surface area contributed by atoms with E-state index >= 15 is 0 Å². The molecule has 0 bridgehead atoms. The second-order valence-electron chi connectivity index (χ2n) is 4.52. The molecule has 4 nitrogen and oxygen atoms in total. The first-order chi connectivity index (χ1) is 9.56. The fourth-order valence-corrected chi connectivity index (χ4v) is 3.30. The molecular weight excluding hydrogens is 290 g/mol. The molecule has 1 aromatic heterocycles. The van der Waals surface area contributed by atoms with Crippen molar-refractivity contribution in [3.63, 3.8) is 0 Å². The summed E-state index contributed by atoms with van der Waals surface area (Å²) in [4.78, 5) is 18.7. The zero-order valence-corrected chi connectivity index (χ0v) is 13.1. The summed E-state index contributed by atoms with van der Waals surface area (Å²) in [7, 11) is 3.51. The molecule has 0 saturated heterocycles. The number of benzene rings is 1. The van der Waals surface area contributed by atoms with Crippen molar-refractivity contribution >= 4 is 34.7 Å². The molecular formula is C14H17N3OS2. The van der Waals surface area contributed by atoms with Gasteiger partial charge in [0.2, 0.25) is 5.91 Å². The third kappa shape index (κ3) is 3.98. The number of para-hydroxylation sites is 1. The number of thiazole rings is 1. The van der Waals surface area contributed by atoms with Crippen LogP contribution in [0.5, 0.6) is 0 Å². The molecule has 20 heavy (non-hydrogen) atoms. The van der Waals surface area contributed by atoms with Crippen LogP contribution >= 0.6 is 23.1 Å². The van der Waals surface area contributed by atoms with Crippen LogP contribution in [-0.4, -0.2) is 29.9 Å². The quantitative estimate of drug-likeness (QED) is 0.681. The van der Waals surface area contributed by atoms with Crippen molar-refractivity contribution in [2.24, 2.45) is 0 Å². The van der Waals surface area contributed by atoms with Crippen LogP contribution < -0.4 is 5.73 Å². The zero-order valence-electron chi connectivity index (χ0n) is 11.5. The number of aromatic nitrogens is 1. The highest BCUT2D eigenvalue weighted by molar-refractivity contribution is 7.98. The van der Waals surface area contributed by atoms with Gasteiger partial charge in [0.25, 0.3) is 0 Å². The van der Waals surface area contributed by atoms with E-state index in [0.29, 0.717) is 6.42 Å². The van der Waals surface area contributed by atoms with E-state index in [0.717, 1.165) is 27.0 Å². The Kier molecular flexibility index (Phi) is 5.03. The largest absolute Gasteiger partial charge is 0.398 e. The van der Waals surface area contributed by atoms with Crippen molar-refractivity contribution in [2.45, 2.75) is 17.1 Å².